The van der Waals surface area contributed by atoms with Crippen molar-refractivity contribution >= 4 is 22.8 Å². The van der Waals surface area contributed by atoms with Gasteiger partial charge in [-0.15, -0.1) is 0 Å². The Kier molecular flexibility index (Phi) is 8.22. The van der Waals surface area contributed by atoms with Crippen LogP contribution in [0.1, 0.15) is 52.0 Å². The highest BCUT2D eigenvalue weighted by atomic mass is 32.2. The summed E-state index contributed by atoms with van der Waals surface area (Å²) in [5, 5.41) is 12.5. The van der Waals surface area contributed by atoms with E-state index in [4.69, 9.17) is 4.74 Å². The molecule has 2 aromatic rings. The number of likely N-dealkylation sites (tertiary alicyclic amines) is 1. The van der Waals surface area contributed by atoms with Crippen LogP contribution in [0.4, 0.5) is 9.18 Å². The molecule has 1 aliphatic carbocycles. The van der Waals surface area contributed by atoms with Crippen LogP contribution < -0.4 is 5.32 Å². The van der Waals surface area contributed by atoms with E-state index < -0.39 is 40.4 Å². The third kappa shape index (κ3) is 6.24. The number of nitriles is 1. The van der Waals surface area contributed by atoms with Crippen LogP contribution in [-0.2, 0) is 26.8 Å². The molecule has 0 aromatic heterocycles. The zero-order valence-corrected chi connectivity index (χ0v) is 23.0. The van der Waals surface area contributed by atoms with E-state index in [-0.39, 0.29) is 30.7 Å². The maximum Gasteiger partial charge on any atom is 0.411 e. The van der Waals surface area contributed by atoms with Gasteiger partial charge in [0.05, 0.1) is 6.07 Å². The first-order valence-electron chi connectivity index (χ1n) is 12.9. The van der Waals surface area contributed by atoms with Gasteiger partial charge in [0.15, 0.2) is 0 Å². The first kappa shape index (κ1) is 27.8. The molecule has 1 aliphatic heterocycles. The van der Waals surface area contributed by atoms with E-state index in [1.54, 1.807) is 50.1 Å². The Morgan fingerprint density at radius 3 is 2.47 bits per heavy atom. The molecule has 2 bridgehead atoms. The number of piperidine rings is 1. The van der Waals surface area contributed by atoms with E-state index >= 15 is 0 Å². The highest BCUT2D eigenvalue weighted by Crippen LogP contribution is 2.43. The number of hydrogen-bond acceptors (Lipinski definition) is 5. The fourth-order valence-electron chi connectivity index (χ4n) is 5.40. The van der Waals surface area contributed by atoms with Gasteiger partial charge in [0.1, 0.15) is 23.5 Å². The van der Waals surface area contributed by atoms with Crippen LogP contribution in [0.3, 0.4) is 0 Å². The van der Waals surface area contributed by atoms with Crippen molar-refractivity contribution in [3.63, 3.8) is 0 Å². The first-order chi connectivity index (χ1) is 18.0. The predicted octanol–water partition coefficient (Wildman–Crippen LogP) is 4.96. The van der Waals surface area contributed by atoms with Gasteiger partial charge in [-0.2, -0.15) is 5.26 Å². The van der Waals surface area contributed by atoms with Crippen molar-refractivity contribution in [3.05, 3.63) is 53.8 Å². The number of aryl methyl sites for hydroxylation is 1. The number of rotatable bonds is 7. The van der Waals surface area contributed by atoms with E-state index in [0.29, 0.717) is 16.0 Å². The fraction of sp³-hybridized carbons (Fsp3) is 0.483. The Hall–Kier alpha value is -3.25. The number of halogens is 1. The van der Waals surface area contributed by atoms with Crippen molar-refractivity contribution in [2.45, 2.75) is 81.5 Å². The topological polar surface area (TPSA) is 99.5 Å². The summed E-state index contributed by atoms with van der Waals surface area (Å²) in [5.41, 5.74) is 1.29. The van der Waals surface area contributed by atoms with E-state index in [9.17, 15) is 23.5 Å². The molecule has 202 valence electrons. The van der Waals surface area contributed by atoms with Gasteiger partial charge in [-0.05, 0) is 93.7 Å². The molecule has 2 aromatic carbocycles. The van der Waals surface area contributed by atoms with Gasteiger partial charge in [0.25, 0.3) is 0 Å². The van der Waals surface area contributed by atoms with Gasteiger partial charge >= 0.3 is 6.09 Å². The lowest BCUT2D eigenvalue weighted by molar-refractivity contribution is -0.128. The average molecular weight is 540 g/mol. The van der Waals surface area contributed by atoms with Gasteiger partial charge in [0.2, 0.25) is 5.91 Å². The lowest BCUT2D eigenvalue weighted by Crippen LogP contribution is -2.55. The number of carbonyl (C=O) groups is 2. The molecule has 1 saturated carbocycles. The number of nitrogens with one attached hydrogen (secondary N) is 1. The lowest BCUT2D eigenvalue weighted by Gasteiger charge is -2.35. The molecule has 5 atom stereocenters. The fourth-order valence-corrected chi connectivity index (χ4v) is 5.92. The molecule has 1 N–H and O–H groups in total. The second-order valence-corrected chi connectivity index (χ2v) is 12.5. The van der Waals surface area contributed by atoms with Crippen molar-refractivity contribution < 1.29 is 22.9 Å². The predicted molar refractivity (Wildman–Crippen MR) is 143 cm³/mol. The van der Waals surface area contributed by atoms with Gasteiger partial charge in [0, 0.05) is 28.0 Å². The van der Waals surface area contributed by atoms with Gasteiger partial charge in [-0.3, -0.25) is 13.9 Å². The second-order valence-electron chi connectivity index (χ2n) is 11.1. The minimum absolute atomic E-state index is 0.0286. The van der Waals surface area contributed by atoms with E-state index in [0.717, 1.165) is 24.8 Å². The zero-order valence-electron chi connectivity index (χ0n) is 22.2. The van der Waals surface area contributed by atoms with Gasteiger partial charge in [-0.1, -0.05) is 24.3 Å². The van der Waals surface area contributed by atoms with E-state index in [1.165, 1.54) is 6.07 Å². The van der Waals surface area contributed by atoms with Crippen LogP contribution in [0.15, 0.2) is 47.4 Å². The molecular formula is C29H34FN3O4S. The van der Waals surface area contributed by atoms with Crippen molar-refractivity contribution in [3.8, 4) is 17.2 Å². The summed E-state index contributed by atoms with van der Waals surface area (Å²) in [6, 6.07) is 12.7. The molecular weight excluding hydrogens is 505 g/mol. The number of carbonyl (C=O) groups excluding carboxylic acids is 2. The molecule has 1 heterocycles. The summed E-state index contributed by atoms with van der Waals surface area (Å²) in [5.74, 6) is -0.706. The second kappa shape index (κ2) is 11.2. The molecule has 5 unspecified atom stereocenters. The third-order valence-corrected chi connectivity index (χ3v) is 8.14. The summed E-state index contributed by atoms with van der Waals surface area (Å²) in [4.78, 5) is 28.3. The number of ether oxygens (including phenoxy) is 1. The standard InChI is InChI=1S/C29H34FN3O4S/c1-29(2,3)37-28(35)33-23-12-8-21(15-23)26(33)27(34)32-22(17-31)11-7-19-5-6-20(16-25(19)30)18-9-13-24(14-10-18)38(4)36/h5-6,9-10,13-14,16,21-23,26H,7-8,11-12,15H2,1-4H3,(H,32,34). The number of fused-ring (bicyclic) bond motifs is 2. The van der Waals surface area contributed by atoms with E-state index in [2.05, 4.69) is 11.4 Å². The Morgan fingerprint density at radius 2 is 1.87 bits per heavy atom. The highest BCUT2D eigenvalue weighted by Gasteiger charge is 2.52. The first-order valence-corrected chi connectivity index (χ1v) is 14.5. The summed E-state index contributed by atoms with van der Waals surface area (Å²) >= 11 is 0. The minimum Gasteiger partial charge on any atom is -0.444 e. The smallest absolute Gasteiger partial charge is 0.411 e. The Bertz CT molecular complexity index is 1270. The van der Waals surface area contributed by atoms with Gasteiger partial charge < -0.3 is 10.1 Å². The molecule has 0 spiro atoms. The Labute approximate surface area is 225 Å². The Morgan fingerprint density at radius 1 is 1.18 bits per heavy atom. The van der Waals surface area contributed by atoms with Crippen LogP contribution in [0.25, 0.3) is 11.1 Å². The molecule has 1 saturated heterocycles. The highest BCUT2D eigenvalue weighted by molar-refractivity contribution is 7.84. The minimum atomic E-state index is -1.08. The molecule has 4 rings (SSSR count). The summed E-state index contributed by atoms with van der Waals surface area (Å²) < 4.78 is 32.0. The van der Waals surface area contributed by atoms with Crippen LogP contribution in [0.5, 0.6) is 0 Å². The SMILES string of the molecule is CS(=O)c1ccc(-c2ccc(CCC(C#N)NC(=O)C3C4CCC(C4)N3C(=O)OC(C)(C)C)c(F)c2)cc1. The van der Waals surface area contributed by atoms with Crippen LogP contribution in [0.2, 0.25) is 0 Å². The Balaban J connectivity index is 1.38. The van der Waals surface area contributed by atoms with Gasteiger partial charge in [-0.25, -0.2) is 9.18 Å². The largest absolute Gasteiger partial charge is 0.444 e. The van der Waals surface area contributed by atoms with Crippen molar-refractivity contribution in [2.75, 3.05) is 6.26 Å². The number of hydrogen-bond donors (Lipinski definition) is 1. The summed E-state index contributed by atoms with van der Waals surface area (Å²) in [6.45, 7) is 5.37. The zero-order chi connectivity index (χ0) is 27.6. The third-order valence-electron chi connectivity index (χ3n) is 7.21. The number of nitrogens with zero attached hydrogens (tertiary/aromatic N) is 2. The van der Waals surface area contributed by atoms with Crippen molar-refractivity contribution in [1.29, 1.82) is 5.26 Å². The van der Waals surface area contributed by atoms with Crippen LogP contribution >= 0.6 is 0 Å². The monoisotopic (exact) mass is 539 g/mol. The van der Waals surface area contributed by atoms with Crippen molar-refractivity contribution in [2.24, 2.45) is 5.92 Å². The lowest BCUT2D eigenvalue weighted by atomic mass is 9.97. The molecule has 0 radical (unpaired) electrons. The maximum atomic E-state index is 14.9. The molecule has 7 nitrogen and oxygen atoms in total. The molecule has 2 amide bonds. The molecule has 2 fully saturated rings. The van der Waals surface area contributed by atoms with Crippen LogP contribution in [-0.4, -0.2) is 51.1 Å². The summed E-state index contributed by atoms with van der Waals surface area (Å²) in [6.07, 6.45) is 4.06. The number of benzene rings is 2. The van der Waals surface area contributed by atoms with E-state index in [1.807, 2.05) is 18.2 Å². The quantitative estimate of drug-likeness (QED) is 0.536. The summed E-state index contributed by atoms with van der Waals surface area (Å²) in [7, 11) is -1.08. The molecule has 9 heteroatoms. The maximum absolute atomic E-state index is 14.9. The number of amides is 2. The van der Waals surface area contributed by atoms with Crippen molar-refractivity contribution in [1.82, 2.24) is 10.2 Å². The average Bonchev–Trinajstić information content (AvgIpc) is 3.48. The molecule has 2 aliphatic rings. The van der Waals surface area contributed by atoms with Crippen LogP contribution in [0, 0.1) is 23.1 Å². The molecule has 38 heavy (non-hydrogen) atoms. The normalized spacial score (nSPS) is 22.0.